The topological polar surface area (TPSA) is 70.2 Å². The Morgan fingerprint density at radius 1 is 1.57 bits per heavy atom. The SMILES string of the molecule is CC1CCC(C(=N)N)CN1C.CC=O. The number of piperidine rings is 1. The summed E-state index contributed by atoms with van der Waals surface area (Å²) >= 11 is 0. The summed E-state index contributed by atoms with van der Waals surface area (Å²) in [4.78, 5) is 11.1. The van der Waals surface area contributed by atoms with Crippen molar-refractivity contribution >= 4 is 12.1 Å². The van der Waals surface area contributed by atoms with Gasteiger partial charge in [-0.3, -0.25) is 5.41 Å². The Balaban J connectivity index is 0.000000500. The number of rotatable bonds is 1. The van der Waals surface area contributed by atoms with E-state index >= 15 is 0 Å². The molecule has 1 aliphatic heterocycles. The van der Waals surface area contributed by atoms with Gasteiger partial charge >= 0.3 is 0 Å². The fourth-order valence-electron chi connectivity index (χ4n) is 1.54. The van der Waals surface area contributed by atoms with Gasteiger partial charge in [-0.15, -0.1) is 0 Å². The maximum Gasteiger partial charge on any atom is 0.116 e. The second-order valence-electron chi connectivity index (χ2n) is 3.75. The lowest BCUT2D eigenvalue weighted by atomic mass is 9.93. The molecule has 4 nitrogen and oxygen atoms in total. The van der Waals surface area contributed by atoms with Crippen molar-refractivity contribution < 1.29 is 4.79 Å². The highest BCUT2D eigenvalue weighted by Crippen LogP contribution is 2.19. The Hall–Kier alpha value is -0.900. The molecular weight excluding hydrogens is 178 g/mol. The molecule has 82 valence electrons. The van der Waals surface area contributed by atoms with Crippen LogP contribution < -0.4 is 5.73 Å². The van der Waals surface area contributed by atoms with E-state index in [-0.39, 0.29) is 0 Å². The summed E-state index contributed by atoms with van der Waals surface area (Å²) in [5.41, 5.74) is 5.43. The van der Waals surface area contributed by atoms with Crippen molar-refractivity contribution in [1.29, 1.82) is 5.41 Å². The molecule has 0 aromatic heterocycles. The van der Waals surface area contributed by atoms with Crippen LogP contribution in [-0.4, -0.2) is 36.7 Å². The van der Waals surface area contributed by atoms with Crippen molar-refractivity contribution in [1.82, 2.24) is 4.90 Å². The first-order valence-corrected chi connectivity index (χ1v) is 4.96. The first kappa shape index (κ1) is 13.1. The largest absolute Gasteiger partial charge is 0.387 e. The van der Waals surface area contributed by atoms with E-state index in [4.69, 9.17) is 15.9 Å². The summed E-state index contributed by atoms with van der Waals surface area (Å²) < 4.78 is 0. The summed E-state index contributed by atoms with van der Waals surface area (Å²) in [6.45, 7) is 4.62. The Morgan fingerprint density at radius 2 is 2.07 bits per heavy atom. The van der Waals surface area contributed by atoms with Crippen LogP contribution in [0.1, 0.15) is 26.7 Å². The van der Waals surface area contributed by atoms with Crippen LogP contribution in [0.15, 0.2) is 0 Å². The molecule has 0 amide bonds. The Kier molecular flexibility index (Phi) is 6.12. The van der Waals surface area contributed by atoms with Gasteiger partial charge in [0, 0.05) is 18.5 Å². The first-order chi connectivity index (χ1) is 6.52. The quantitative estimate of drug-likeness (QED) is 0.374. The lowest BCUT2D eigenvalue weighted by molar-refractivity contribution is -0.106. The van der Waals surface area contributed by atoms with Gasteiger partial charge in [-0.25, -0.2) is 0 Å². The molecule has 1 rings (SSSR count). The molecule has 4 heteroatoms. The van der Waals surface area contributed by atoms with Gasteiger partial charge in [0.05, 0.1) is 5.84 Å². The number of amidine groups is 1. The van der Waals surface area contributed by atoms with E-state index in [1.54, 1.807) is 0 Å². The predicted octanol–water partition coefficient (Wildman–Crippen LogP) is 0.858. The molecular formula is C10H21N3O. The van der Waals surface area contributed by atoms with Gasteiger partial charge in [0.2, 0.25) is 0 Å². The molecule has 1 aliphatic rings. The zero-order valence-electron chi connectivity index (χ0n) is 9.29. The molecule has 3 N–H and O–H groups in total. The van der Waals surface area contributed by atoms with Gasteiger partial charge in [0.15, 0.2) is 0 Å². The van der Waals surface area contributed by atoms with Crippen LogP contribution in [0.2, 0.25) is 0 Å². The minimum absolute atomic E-state index is 0.302. The van der Waals surface area contributed by atoms with Crippen LogP contribution in [0.25, 0.3) is 0 Å². The molecule has 0 aromatic rings. The van der Waals surface area contributed by atoms with Gasteiger partial charge in [-0.05, 0) is 33.7 Å². The Bertz CT molecular complexity index is 194. The molecule has 0 saturated carbocycles. The fourth-order valence-corrected chi connectivity index (χ4v) is 1.54. The lowest BCUT2D eigenvalue weighted by Gasteiger charge is -2.34. The van der Waals surface area contributed by atoms with Crippen molar-refractivity contribution in [2.75, 3.05) is 13.6 Å². The molecule has 0 radical (unpaired) electrons. The zero-order valence-corrected chi connectivity index (χ0v) is 9.29. The summed E-state index contributed by atoms with van der Waals surface area (Å²) in [6.07, 6.45) is 3.00. The van der Waals surface area contributed by atoms with E-state index in [2.05, 4.69) is 18.9 Å². The molecule has 1 heterocycles. The maximum absolute atomic E-state index is 8.81. The van der Waals surface area contributed by atoms with Crippen LogP contribution in [0.3, 0.4) is 0 Å². The van der Waals surface area contributed by atoms with Crippen molar-refractivity contribution in [3.8, 4) is 0 Å². The molecule has 0 spiro atoms. The van der Waals surface area contributed by atoms with E-state index in [1.807, 2.05) is 0 Å². The van der Waals surface area contributed by atoms with Crippen molar-refractivity contribution in [3.63, 3.8) is 0 Å². The van der Waals surface area contributed by atoms with E-state index in [1.165, 1.54) is 13.3 Å². The normalized spacial score (nSPS) is 27.4. The Morgan fingerprint density at radius 3 is 2.43 bits per heavy atom. The van der Waals surface area contributed by atoms with Gasteiger partial charge in [-0.2, -0.15) is 0 Å². The van der Waals surface area contributed by atoms with E-state index < -0.39 is 0 Å². The number of likely N-dealkylation sites (tertiary alicyclic amines) is 1. The molecule has 2 atom stereocenters. The monoisotopic (exact) mass is 199 g/mol. The third-order valence-electron chi connectivity index (χ3n) is 2.63. The number of carbonyl (C=O) groups is 1. The highest BCUT2D eigenvalue weighted by atomic mass is 16.1. The van der Waals surface area contributed by atoms with Gasteiger partial charge < -0.3 is 15.4 Å². The van der Waals surface area contributed by atoms with Crippen LogP contribution in [0.4, 0.5) is 0 Å². The number of aldehydes is 1. The summed E-state index contributed by atoms with van der Waals surface area (Å²) in [5.74, 6) is 0.653. The number of hydrogen-bond acceptors (Lipinski definition) is 3. The van der Waals surface area contributed by atoms with Crippen molar-refractivity contribution in [3.05, 3.63) is 0 Å². The maximum atomic E-state index is 8.81. The molecule has 14 heavy (non-hydrogen) atoms. The second-order valence-corrected chi connectivity index (χ2v) is 3.75. The summed E-state index contributed by atoms with van der Waals surface area (Å²) in [5, 5.41) is 7.30. The minimum atomic E-state index is 0.302. The molecule has 1 fully saturated rings. The van der Waals surface area contributed by atoms with Gasteiger partial charge in [0.25, 0.3) is 0 Å². The van der Waals surface area contributed by atoms with Crippen LogP contribution in [0, 0.1) is 11.3 Å². The van der Waals surface area contributed by atoms with E-state index in [9.17, 15) is 0 Å². The Labute approximate surface area is 86.0 Å². The molecule has 0 aromatic carbocycles. The van der Waals surface area contributed by atoms with Crippen LogP contribution >= 0.6 is 0 Å². The van der Waals surface area contributed by atoms with Crippen molar-refractivity contribution in [2.45, 2.75) is 32.7 Å². The molecule has 0 aliphatic carbocycles. The van der Waals surface area contributed by atoms with Crippen LogP contribution in [-0.2, 0) is 4.79 Å². The number of nitrogens with two attached hydrogens (primary N) is 1. The lowest BCUT2D eigenvalue weighted by Crippen LogP contribution is -2.43. The second kappa shape index (κ2) is 6.54. The molecule has 1 saturated heterocycles. The summed E-state index contributed by atoms with van der Waals surface area (Å²) in [6, 6.07) is 0.658. The fraction of sp³-hybridized carbons (Fsp3) is 0.800. The predicted molar refractivity (Wildman–Crippen MR) is 58.5 cm³/mol. The van der Waals surface area contributed by atoms with Gasteiger partial charge in [-0.1, -0.05) is 0 Å². The highest BCUT2D eigenvalue weighted by molar-refractivity contribution is 5.79. The smallest absolute Gasteiger partial charge is 0.116 e. The van der Waals surface area contributed by atoms with E-state index in [0.717, 1.165) is 19.3 Å². The highest BCUT2D eigenvalue weighted by Gasteiger charge is 2.23. The number of nitrogens with one attached hydrogen (secondary N) is 1. The van der Waals surface area contributed by atoms with E-state index in [0.29, 0.717) is 17.8 Å². The van der Waals surface area contributed by atoms with Gasteiger partial charge in [0.1, 0.15) is 6.29 Å². The first-order valence-electron chi connectivity index (χ1n) is 4.96. The minimum Gasteiger partial charge on any atom is -0.387 e. The van der Waals surface area contributed by atoms with Crippen molar-refractivity contribution in [2.24, 2.45) is 11.7 Å². The average molecular weight is 199 g/mol. The molecule has 2 unspecified atom stereocenters. The third kappa shape index (κ3) is 4.37. The number of hydrogen-bond donors (Lipinski definition) is 2. The average Bonchev–Trinajstić information content (AvgIpc) is 2.10. The zero-order chi connectivity index (χ0) is 11.1. The summed E-state index contributed by atoms with van der Waals surface area (Å²) in [7, 11) is 2.10. The number of nitrogens with zero attached hydrogens (tertiary/aromatic N) is 1. The standard InChI is InChI=1S/C8H17N3.C2H4O/c1-6-3-4-7(8(9)10)5-11(6)2;1-2-3/h6-7H,3-5H2,1-2H3,(H3,9,10);2H,1H3. The third-order valence-corrected chi connectivity index (χ3v) is 2.63. The number of carbonyl (C=O) groups excluding carboxylic acids is 1. The van der Waals surface area contributed by atoms with Crippen LogP contribution in [0.5, 0.6) is 0 Å². The molecule has 0 bridgehead atoms.